The molecule has 0 atom stereocenters. The predicted molar refractivity (Wildman–Crippen MR) is 132 cm³/mol. The highest BCUT2D eigenvalue weighted by Crippen LogP contribution is 2.25. The normalized spacial score (nSPS) is 14.4. The van der Waals surface area contributed by atoms with E-state index in [9.17, 15) is 18.8 Å². The quantitative estimate of drug-likeness (QED) is 0.425. The maximum atomic E-state index is 13.9. The first-order valence-electron chi connectivity index (χ1n) is 11.4. The number of hydrogen-bond donors (Lipinski definition) is 0. The number of amides is 1. The van der Waals surface area contributed by atoms with Crippen molar-refractivity contribution in [1.29, 1.82) is 0 Å². The first-order chi connectivity index (χ1) is 16.9. The van der Waals surface area contributed by atoms with Crippen LogP contribution in [0.4, 0.5) is 4.39 Å². The van der Waals surface area contributed by atoms with Crippen molar-refractivity contribution in [3.8, 4) is 5.75 Å². The lowest BCUT2D eigenvalue weighted by molar-refractivity contribution is 0.0592. The monoisotopic (exact) mass is 493 g/mol. The Labute approximate surface area is 204 Å². The number of aryl methyl sites for hydroxylation is 1. The highest BCUT2D eigenvalue weighted by atomic mass is 32.1. The molecule has 5 rings (SSSR count). The smallest absolute Gasteiger partial charge is 0.336 e. The van der Waals surface area contributed by atoms with Gasteiger partial charge in [0.25, 0.3) is 11.5 Å². The van der Waals surface area contributed by atoms with Gasteiger partial charge in [0.1, 0.15) is 15.8 Å². The van der Waals surface area contributed by atoms with E-state index in [1.165, 1.54) is 21.2 Å². The van der Waals surface area contributed by atoms with E-state index in [4.69, 9.17) is 4.74 Å². The number of rotatable bonds is 5. The van der Waals surface area contributed by atoms with Crippen molar-refractivity contribution in [2.24, 2.45) is 0 Å². The molecule has 0 saturated carbocycles. The van der Waals surface area contributed by atoms with Gasteiger partial charge in [-0.3, -0.25) is 18.6 Å². The average Bonchev–Trinajstić information content (AvgIpc) is 3.33. The van der Waals surface area contributed by atoms with Crippen LogP contribution >= 0.6 is 11.3 Å². The number of piperidine rings is 1. The number of aromatic nitrogens is 2. The van der Waals surface area contributed by atoms with Gasteiger partial charge in [0.05, 0.1) is 6.54 Å². The highest BCUT2D eigenvalue weighted by molar-refractivity contribution is 7.19. The molecule has 1 fully saturated rings. The number of fused-ring (bicyclic) bond motifs is 1. The van der Waals surface area contributed by atoms with Gasteiger partial charge in [-0.15, -0.1) is 11.3 Å². The van der Waals surface area contributed by atoms with Crippen LogP contribution in [0, 0.1) is 12.7 Å². The fraction of sp³-hybridized carbons (Fsp3) is 0.269. The van der Waals surface area contributed by atoms with Crippen LogP contribution in [0.1, 0.15) is 33.6 Å². The summed E-state index contributed by atoms with van der Waals surface area (Å²) in [5.74, 6) is -0.378. The molecule has 9 heteroatoms. The van der Waals surface area contributed by atoms with E-state index in [0.29, 0.717) is 41.2 Å². The summed E-state index contributed by atoms with van der Waals surface area (Å²) in [7, 11) is 0. The fourth-order valence-electron chi connectivity index (χ4n) is 4.32. The van der Waals surface area contributed by atoms with Crippen LogP contribution in [0.5, 0.6) is 5.75 Å². The number of benzene rings is 2. The Balaban J connectivity index is 1.35. The van der Waals surface area contributed by atoms with E-state index in [2.05, 4.69) is 0 Å². The SMILES string of the molecule is Cc1c(=O)n(Cc2ccccc2)c(=O)n2cc(C(=O)N3CCC(Oc4ccccc4F)CC3)sc12. The molecule has 0 radical (unpaired) electrons. The van der Waals surface area contributed by atoms with Gasteiger partial charge in [-0.25, -0.2) is 9.18 Å². The molecule has 1 aliphatic rings. The zero-order valence-corrected chi connectivity index (χ0v) is 20.0. The topological polar surface area (TPSA) is 73.0 Å². The van der Waals surface area contributed by atoms with Crippen LogP contribution in [0.3, 0.4) is 0 Å². The Hall–Kier alpha value is -3.72. The van der Waals surface area contributed by atoms with Crippen LogP contribution in [-0.2, 0) is 6.54 Å². The number of carbonyl (C=O) groups is 1. The first-order valence-corrected chi connectivity index (χ1v) is 12.2. The van der Waals surface area contributed by atoms with Gasteiger partial charge in [-0.2, -0.15) is 0 Å². The number of nitrogens with zero attached hydrogens (tertiary/aromatic N) is 3. The Bertz CT molecular complexity index is 1500. The molecular formula is C26H24FN3O4S. The van der Waals surface area contributed by atoms with Crippen molar-refractivity contribution in [2.45, 2.75) is 32.4 Å². The van der Waals surface area contributed by atoms with Crippen molar-refractivity contribution >= 4 is 22.1 Å². The van der Waals surface area contributed by atoms with Crippen molar-refractivity contribution in [3.05, 3.63) is 103 Å². The van der Waals surface area contributed by atoms with E-state index in [-0.39, 0.29) is 29.9 Å². The van der Waals surface area contributed by atoms with E-state index in [1.54, 1.807) is 30.0 Å². The van der Waals surface area contributed by atoms with Gasteiger partial charge in [0.2, 0.25) is 0 Å². The molecule has 0 N–H and O–H groups in total. The molecule has 0 unspecified atom stereocenters. The predicted octanol–water partition coefficient (Wildman–Crippen LogP) is 3.70. The molecule has 35 heavy (non-hydrogen) atoms. The fourth-order valence-corrected chi connectivity index (χ4v) is 5.37. The lowest BCUT2D eigenvalue weighted by Crippen LogP contribution is -2.41. The second-order valence-corrected chi connectivity index (χ2v) is 9.63. The summed E-state index contributed by atoms with van der Waals surface area (Å²) in [5, 5.41) is 0. The van der Waals surface area contributed by atoms with E-state index in [0.717, 1.165) is 16.9 Å². The molecule has 0 aliphatic carbocycles. The van der Waals surface area contributed by atoms with Crippen molar-refractivity contribution in [3.63, 3.8) is 0 Å². The molecule has 3 heterocycles. The molecule has 1 amide bonds. The third-order valence-corrected chi connectivity index (χ3v) is 7.45. The zero-order valence-electron chi connectivity index (χ0n) is 19.1. The van der Waals surface area contributed by atoms with Gasteiger partial charge < -0.3 is 9.64 Å². The van der Waals surface area contributed by atoms with Gasteiger partial charge in [0, 0.05) is 37.7 Å². The minimum atomic E-state index is -0.466. The molecule has 0 bridgehead atoms. The Morgan fingerprint density at radius 3 is 2.46 bits per heavy atom. The van der Waals surface area contributed by atoms with Crippen molar-refractivity contribution < 1.29 is 13.9 Å². The standard InChI is InChI=1S/C26H24FN3O4S/c1-17-23(31)29(15-18-7-3-2-4-8-18)26(33)30-16-22(35-25(17)30)24(32)28-13-11-19(12-14-28)34-21-10-6-5-9-20(21)27/h2-10,16,19H,11-15H2,1H3. The molecule has 1 aliphatic heterocycles. The third-order valence-electron chi connectivity index (χ3n) is 6.25. The van der Waals surface area contributed by atoms with Crippen LogP contribution in [-0.4, -0.2) is 39.0 Å². The molecule has 7 nitrogen and oxygen atoms in total. The molecule has 2 aromatic heterocycles. The summed E-state index contributed by atoms with van der Waals surface area (Å²) in [6, 6.07) is 15.6. The van der Waals surface area contributed by atoms with Gasteiger partial charge in [0.15, 0.2) is 11.6 Å². The van der Waals surface area contributed by atoms with E-state index in [1.807, 2.05) is 30.3 Å². The summed E-state index contributed by atoms with van der Waals surface area (Å²) in [6.07, 6.45) is 2.50. The minimum Gasteiger partial charge on any atom is -0.487 e. The number of ether oxygens (including phenoxy) is 1. The second-order valence-electron chi connectivity index (χ2n) is 8.59. The van der Waals surface area contributed by atoms with Crippen molar-refractivity contribution in [2.75, 3.05) is 13.1 Å². The molecule has 180 valence electrons. The van der Waals surface area contributed by atoms with Crippen LogP contribution < -0.4 is 16.0 Å². The van der Waals surface area contributed by atoms with Gasteiger partial charge in [-0.05, 0) is 24.6 Å². The van der Waals surface area contributed by atoms with Gasteiger partial charge in [-0.1, -0.05) is 42.5 Å². The summed E-state index contributed by atoms with van der Waals surface area (Å²) < 4.78 is 22.3. The summed E-state index contributed by atoms with van der Waals surface area (Å²) in [4.78, 5) is 41.8. The molecular weight excluding hydrogens is 469 g/mol. The number of hydrogen-bond acceptors (Lipinski definition) is 5. The molecule has 4 aromatic rings. The first kappa shape index (κ1) is 23.0. The maximum Gasteiger partial charge on any atom is 0.336 e. The summed E-state index contributed by atoms with van der Waals surface area (Å²) in [5.41, 5.74) is 0.456. The number of likely N-dealkylation sites (tertiary alicyclic amines) is 1. The molecule has 0 spiro atoms. The Morgan fingerprint density at radius 2 is 1.74 bits per heavy atom. The largest absolute Gasteiger partial charge is 0.487 e. The van der Waals surface area contributed by atoms with Gasteiger partial charge >= 0.3 is 5.69 Å². The summed E-state index contributed by atoms with van der Waals surface area (Å²) in [6.45, 7) is 2.76. The molecule has 2 aromatic carbocycles. The summed E-state index contributed by atoms with van der Waals surface area (Å²) >= 11 is 1.15. The maximum absolute atomic E-state index is 13.9. The number of para-hydroxylation sites is 1. The third kappa shape index (κ3) is 4.51. The number of halogens is 1. The Morgan fingerprint density at radius 1 is 1.06 bits per heavy atom. The lowest BCUT2D eigenvalue weighted by Gasteiger charge is -2.31. The van der Waals surface area contributed by atoms with E-state index >= 15 is 0 Å². The van der Waals surface area contributed by atoms with E-state index < -0.39 is 11.5 Å². The second kappa shape index (κ2) is 9.50. The number of thiazole rings is 1. The minimum absolute atomic E-state index is 0.164. The average molecular weight is 494 g/mol. The van der Waals surface area contributed by atoms with Crippen molar-refractivity contribution in [1.82, 2.24) is 13.9 Å². The molecule has 1 saturated heterocycles. The van der Waals surface area contributed by atoms with Crippen LogP contribution in [0.15, 0.2) is 70.4 Å². The highest BCUT2D eigenvalue weighted by Gasteiger charge is 2.27. The number of carbonyl (C=O) groups excluding carboxylic acids is 1. The Kier molecular flexibility index (Phi) is 6.25. The van der Waals surface area contributed by atoms with Crippen LogP contribution in [0.2, 0.25) is 0 Å². The lowest BCUT2D eigenvalue weighted by atomic mass is 10.1. The van der Waals surface area contributed by atoms with Crippen LogP contribution in [0.25, 0.3) is 4.83 Å². The zero-order chi connectivity index (χ0) is 24.5.